The molecule has 1 saturated heterocycles. The lowest BCUT2D eigenvalue weighted by Crippen LogP contribution is -2.39. The van der Waals surface area contributed by atoms with Gasteiger partial charge in [-0.25, -0.2) is 13.2 Å². The molecule has 2 aromatic rings. The second kappa shape index (κ2) is 8.19. The van der Waals surface area contributed by atoms with Crippen molar-refractivity contribution in [2.45, 2.75) is 50.8 Å². The molecular formula is C23H24F3NO2. The number of hydrogen-bond acceptors (Lipinski definition) is 2. The lowest BCUT2D eigenvalue weighted by molar-refractivity contribution is -0.135. The van der Waals surface area contributed by atoms with Crippen LogP contribution in [0.2, 0.25) is 0 Å². The summed E-state index contributed by atoms with van der Waals surface area (Å²) < 4.78 is 47.4. The number of rotatable bonds is 7. The number of hydrogen-bond donors (Lipinski definition) is 0. The van der Waals surface area contributed by atoms with Crippen LogP contribution < -0.4 is 0 Å². The zero-order chi connectivity index (χ0) is 20.5. The van der Waals surface area contributed by atoms with Gasteiger partial charge in [-0.3, -0.25) is 4.79 Å². The fraction of sp³-hybridized carbons (Fsp3) is 0.435. The van der Waals surface area contributed by atoms with E-state index in [-0.39, 0.29) is 17.8 Å². The van der Waals surface area contributed by atoms with E-state index in [1.165, 1.54) is 18.2 Å². The number of halogens is 3. The van der Waals surface area contributed by atoms with Crippen LogP contribution in [0.3, 0.4) is 0 Å². The number of ether oxygens (including phenoxy) is 1. The monoisotopic (exact) mass is 403 g/mol. The van der Waals surface area contributed by atoms with Crippen LogP contribution in [0.25, 0.3) is 0 Å². The highest BCUT2D eigenvalue weighted by molar-refractivity contribution is 5.79. The molecule has 0 radical (unpaired) electrons. The van der Waals surface area contributed by atoms with E-state index in [1.54, 1.807) is 17.0 Å². The molecule has 3 atom stereocenters. The van der Waals surface area contributed by atoms with Gasteiger partial charge in [0.15, 0.2) is 11.6 Å². The van der Waals surface area contributed by atoms with Crippen LogP contribution in [0.15, 0.2) is 42.5 Å². The molecule has 154 valence electrons. The minimum atomic E-state index is -0.957. The highest BCUT2D eigenvalue weighted by Gasteiger charge is 2.40. The predicted molar refractivity (Wildman–Crippen MR) is 102 cm³/mol. The molecule has 2 fully saturated rings. The standard InChI is InChI=1S/C23H24F3NO2/c1-14-2-11-21(28)27(14)22(16-5-8-18(24)9-6-16)23(29-13-15-3-4-15)17-7-10-19(25)20(26)12-17/h5-10,12,14-15,22-23H,2-4,11,13H2,1H3/t14?,22-,23+/m1/s1. The number of carbonyl (C=O) groups excluding carboxylic acids is 1. The molecule has 4 rings (SSSR count). The smallest absolute Gasteiger partial charge is 0.223 e. The molecule has 0 N–H and O–H groups in total. The van der Waals surface area contributed by atoms with Gasteiger partial charge in [-0.2, -0.15) is 0 Å². The summed E-state index contributed by atoms with van der Waals surface area (Å²) in [6, 6.07) is 9.07. The summed E-state index contributed by atoms with van der Waals surface area (Å²) in [6.45, 7) is 2.45. The van der Waals surface area contributed by atoms with Crippen LogP contribution in [0.4, 0.5) is 13.2 Å². The lowest BCUT2D eigenvalue weighted by atomic mass is 9.93. The number of amides is 1. The number of nitrogens with zero attached hydrogens (tertiary/aromatic N) is 1. The molecule has 1 aliphatic heterocycles. The van der Waals surface area contributed by atoms with Crippen LogP contribution in [-0.4, -0.2) is 23.5 Å². The van der Waals surface area contributed by atoms with Crippen molar-refractivity contribution < 1.29 is 22.7 Å². The molecular weight excluding hydrogens is 379 g/mol. The molecule has 1 amide bonds. The van der Waals surface area contributed by atoms with E-state index >= 15 is 0 Å². The highest BCUT2D eigenvalue weighted by Crippen LogP contribution is 2.43. The van der Waals surface area contributed by atoms with Crippen molar-refractivity contribution in [3.8, 4) is 0 Å². The first kappa shape index (κ1) is 20.0. The summed E-state index contributed by atoms with van der Waals surface area (Å²) in [5, 5.41) is 0. The summed E-state index contributed by atoms with van der Waals surface area (Å²) in [4.78, 5) is 14.5. The molecule has 1 aliphatic carbocycles. The van der Waals surface area contributed by atoms with E-state index in [1.807, 2.05) is 6.92 Å². The van der Waals surface area contributed by atoms with Crippen molar-refractivity contribution in [2.24, 2.45) is 5.92 Å². The molecule has 0 aromatic heterocycles. The van der Waals surface area contributed by atoms with Crippen LogP contribution in [0, 0.1) is 23.4 Å². The maximum absolute atomic E-state index is 14.0. The van der Waals surface area contributed by atoms with Gasteiger partial charge in [0.1, 0.15) is 11.9 Å². The molecule has 1 heterocycles. The number of carbonyl (C=O) groups is 1. The van der Waals surface area contributed by atoms with Gasteiger partial charge >= 0.3 is 0 Å². The van der Waals surface area contributed by atoms with Gasteiger partial charge in [0, 0.05) is 12.5 Å². The Labute approximate surface area is 168 Å². The lowest BCUT2D eigenvalue weighted by Gasteiger charge is -2.38. The first-order valence-corrected chi connectivity index (χ1v) is 10.1. The molecule has 0 spiro atoms. The highest BCUT2D eigenvalue weighted by atomic mass is 19.2. The minimum absolute atomic E-state index is 0.0190. The van der Waals surface area contributed by atoms with E-state index in [0.717, 1.165) is 25.0 Å². The van der Waals surface area contributed by atoms with Gasteiger partial charge in [-0.05, 0) is 67.5 Å². The Bertz CT molecular complexity index is 882. The molecule has 6 heteroatoms. The summed E-state index contributed by atoms with van der Waals surface area (Å²) >= 11 is 0. The first-order valence-electron chi connectivity index (χ1n) is 10.1. The number of likely N-dealkylation sites (tertiary alicyclic amines) is 1. The fourth-order valence-corrected chi connectivity index (χ4v) is 4.00. The Morgan fingerprint density at radius 1 is 1.00 bits per heavy atom. The van der Waals surface area contributed by atoms with Crippen molar-refractivity contribution in [3.05, 3.63) is 71.0 Å². The molecule has 0 bridgehead atoms. The zero-order valence-corrected chi connectivity index (χ0v) is 16.3. The Balaban J connectivity index is 1.78. The first-order chi connectivity index (χ1) is 13.9. The minimum Gasteiger partial charge on any atom is -0.371 e. The van der Waals surface area contributed by atoms with Crippen molar-refractivity contribution in [1.82, 2.24) is 4.90 Å². The van der Waals surface area contributed by atoms with Crippen molar-refractivity contribution in [1.29, 1.82) is 0 Å². The van der Waals surface area contributed by atoms with Gasteiger partial charge in [-0.15, -0.1) is 0 Å². The number of benzene rings is 2. The average Bonchev–Trinajstić information content (AvgIpc) is 3.47. The third-order valence-corrected chi connectivity index (χ3v) is 5.82. The third-order valence-electron chi connectivity index (χ3n) is 5.82. The maximum atomic E-state index is 14.0. The topological polar surface area (TPSA) is 29.5 Å². The Hall–Kier alpha value is -2.34. The molecule has 2 aromatic carbocycles. The van der Waals surface area contributed by atoms with E-state index < -0.39 is 23.8 Å². The summed E-state index contributed by atoms with van der Waals surface area (Å²) in [5.74, 6) is -1.84. The van der Waals surface area contributed by atoms with Gasteiger partial charge in [-0.1, -0.05) is 18.2 Å². The molecule has 1 saturated carbocycles. The predicted octanol–water partition coefficient (Wildman–Crippen LogP) is 5.32. The Morgan fingerprint density at radius 3 is 2.28 bits per heavy atom. The molecule has 3 nitrogen and oxygen atoms in total. The van der Waals surface area contributed by atoms with E-state index in [2.05, 4.69) is 0 Å². The second-order valence-corrected chi connectivity index (χ2v) is 8.06. The molecule has 1 unspecified atom stereocenters. The van der Waals surface area contributed by atoms with Crippen LogP contribution in [-0.2, 0) is 9.53 Å². The van der Waals surface area contributed by atoms with Crippen molar-refractivity contribution in [3.63, 3.8) is 0 Å². The summed E-state index contributed by atoms with van der Waals surface area (Å²) in [7, 11) is 0. The van der Waals surface area contributed by atoms with E-state index in [4.69, 9.17) is 4.74 Å². The van der Waals surface area contributed by atoms with Crippen LogP contribution in [0.1, 0.15) is 55.9 Å². The van der Waals surface area contributed by atoms with Gasteiger partial charge in [0.2, 0.25) is 5.91 Å². The van der Waals surface area contributed by atoms with E-state index in [9.17, 15) is 18.0 Å². The van der Waals surface area contributed by atoms with Gasteiger partial charge in [0.25, 0.3) is 0 Å². The van der Waals surface area contributed by atoms with Gasteiger partial charge < -0.3 is 9.64 Å². The quantitative estimate of drug-likeness (QED) is 0.626. The summed E-state index contributed by atoms with van der Waals surface area (Å²) in [5.41, 5.74) is 1.17. The zero-order valence-electron chi connectivity index (χ0n) is 16.3. The van der Waals surface area contributed by atoms with Crippen LogP contribution in [0.5, 0.6) is 0 Å². The second-order valence-electron chi connectivity index (χ2n) is 8.06. The normalized spacial score (nSPS) is 21.4. The Morgan fingerprint density at radius 2 is 1.69 bits per heavy atom. The SMILES string of the molecule is CC1CCC(=O)N1[C@H](c1ccc(F)cc1)[C@@H](OCC1CC1)c1ccc(F)c(F)c1. The Kier molecular flexibility index (Phi) is 5.63. The average molecular weight is 403 g/mol. The largest absolute Gasteiger partial charge is 0.371 e. The maximum Gasteiger partial charge on any atom is 0.223 e. The van der Waals surface area contributed by atoms with Crippen molar-refractivity contribution >= 4 is 5.91 Å². The third kappa shape index (κ3) is 4.32. The van der Waals surface area contributed by atoms with Crippen molar-refractivity contribution in [2.75, 3.05) is 6.61 Å². The molecule has 2 aliphatic rings. The summed E-state index contributed by atoms with van der Waals surface area (Å²) in [6.07, 6.45) is 2.60. The van der Waals surface area contributed by atoms with Gasteiger partial charge in [0.05, 0.1) is 12.6 Å². The van der Waals surface area contributed by atoms with E-state index in [0.29, 0.717) is 36.5 Å². The molecule has 29 heavy (non-hydrogen) atoms. The van der Waals surface area contributed by atoms with Crippen LogP contribution >= 0.6 is 0 Å². The fourth-order valence-electron chi connectivity index (χ4n) is 4.00.